The van der Waals surface area contributed by atoms with E-state index in [9.17, 15) is 0 Å². The number of benzene rings is 2. The average Bonchev–Trinajstić information content (AvgIpc) is 3.30. The number of fused-ring (bicyclic) bond motifs is 1. The van der Waals surface area contributed by atoms with E-state index in [1.165, 1.54) is 6.33 Å². The van der Waals surface area contributed by atoms with E-state index < -0.39 is 8.07 Å². The maximum atomic E-state index is 5.46. The highest BCUT2D eigenvalue weighted by Crippen LogP contribution is 2.38. The maximum absolute atomic E-state index is 5.46. The second-order valence-corrected chi connectivity index (χ2v) is 13.7. The van der Waals surface area contributed by atoms with Gasteiger partial charge in [0.05, 0.1) is 38.6 Å². The van der Waals surface area contributed by atoms with Crippen LogP contribution in [0.15, 0.2) is 48.9 Å². The molecule has 180 valence electrons. The van der Waals surface area contributed by atoms with Gasteiger partial charge in [0.1, 0.15) is 20.2 Å². The third kappa shape index (κ3) is 5.39. The van der Waals surface area contributed by atoms with Crippen molar-refractivity contribution in [3.05, 3.63) is 60.0 Å². The lowest BCUT2D eigenvalue weighted by atomic mass is 10.1. The molecule has 2 heterocycles. The molecule has 1 N–H and O–H groups in total. The summed E-state index contributed by atoms with van der Waals surface area (Å²) in [6.07, 6.45) is 3.31. The molecule has 4 rings (SSSR count). The van der Waals surface area contributed by atoms with Crippen LogP contribution < -0.4 is 19.5 Å². The van der Waals surface area contributed by atoms with Crippen molar-refractivity contribution >= 4 is 24.9 Å². The van der Waals surface area contributed by atoms with Gasteiger partial charge in [0.15, 0.2) is 17.1 Å². The van der Waals surface area contributed by atoms with E-state index in [1.807, 2.05) is 36.4 Å². The van der Waals surface area contributed by atoms with Crippen molar-refractivity contribution in [1.82, 2.24) is 19.7 Å². The third-order valence-corrected chi connectivity index (χ3v) is 6.10. The average molecular weight is 488 g/mol. The highest BCUT2D eigenvalue weighted by Gasteiger charge is 2.15. The zero-order chi connectivity index (χ0) is 25.0. The monoisotopic (exact) mass is 487 g/mol. The van der Waals surface area contributed by atoms with E-state index in [0.717, 1.165) is 22.2 Å². The SMILES string of the molecule is COc1cc(CNc2ncnc3c2cnn3-c2cccc(C#C[Si](C)(C)C)c2)cc(OC)c1OC. The summed E-state index contributed by atoms with van der Waals surface area (Å²) in [5, 5.41) is 8.79. The summed E-state index contributed by atoms with van der Waals surface area (Å²) in [4.78, 5) is 8.93. The van der Waals surface area contributed by atoms with Gasteiger partial charge in [0.25, 0.3) is 0 Å². The largest absolute Gasteiger partial charge is 0.493 e. The number of hydrogen-bond donors (Lipinski definition) is 1. The second kappa shape index (κ2) is 10.1. The van der Waals surface area contributed by atoms with Gasteiger partial charge < -0.3 is 19.5 Å². The van der Waals surface area contributed by atoms with E-state index in [4.69, 9.17) is 14.2 Å². The minimum atomic E-state index is -1.46. The highest BCUT2D eigenvalue weighted by atomic mass is 28.3. The van der Waals surface area contributed by atoms with Crippen molar-refractivity contribution in [1.29, 1.82) is 0 Å². The van der Waals surface area contributed by atoms with Gasteiger partial charge in [-0.05, 0) is 35.9 Å². The zero-order valence-electron chi connectivity index (χ0n) is 20.8. The topological polar surface area (TPSA) is 83.3 Å². The molecule has 0 saturated carbocycles. The second-order valence-electron chi connectivity index (χ2n) is 8.95. The fourth-order valence-electron chi connectivity index (χ4n) is 3.57. The van der Waals surface area contributed by atoms with Gasteiger partial charge in [-0.15, -0.1) is 5.54 Å². The van der Waals surface area contributed by atoms with Crippen LogP contribution in [0.4, 0.5) is 5.82 Å². The van der Waals surface area contributed by atoms with E-state index in [1.54, 1.807) is 32.2 Å². The van der Waals surface area contributed by atoms with Crippen LogP contribution in [0.25, 0.3) is 16.7 Å². The Morgan fingerprint density at radius 1 is 0.971 bits per heavy atom. The number of ether oxygens (including phenoxy) is 3. The van der Waals surface area contributed by atoms with Crippen LogP contribution in [0.1, 0.15) is 11.1 Å². The third-order valence-electron chi connectivity index (χ3n) is 5.22. The molecular formula is C26H29N5O3Si. The zero-order valence-corrected chi connectivity index (χ0v) is 21.8. The molecule has 4 aromatic rings. The van der Waals surface area contributed by atoms with E-state index in [2.05, 4.69) is 51.5 Å². The lowest BCUT2D eigenvalue weighted by Gasteiger charge is -2.14. The standard InChI is InChI=1S/C26H29N5O3Si/c1-32-22-13-19(14-23(33-2)24(22)34-3)15-27-25-21-16-30-31(26(21)29-17-28-25)20-9-7-8-18(12-20)10-11-35(4,5)6/h7-9,12-14,16-17H,15H2,1-6H3,(H,27,28,29). The van der Waals surface area contributed by atoms with Gasteiger partial charge in [0, 0.05) is 12.1 Å². The lowest BCUT2D eigenvalue weighted by Crippen LogP contribution is -2.16. The first-order valence-electron chi connectivity index (χ1n) is 11.2. The number of anilines is 1. The molecule has 0 aliphatic rings. The molecule has 0 amide bonds. The van der Waals surface area contributed by atoms with Gasteiger partial charge in [-0.1, -0.05) is 31.6 Å². The molecule has 2 aromatic carbocycles. The minimum Gasteiger partial charge on any atom is -0.493 e. The predicted octanol–water partition coefficient (Wildman–Crippen LogP) is 4.68. The Labute approximate surface area is 206 Å². The molecule has 0 bridgehead atoms. The molecule has 0 unspecified atom stereocenters. The Hall–Kier alpha value is -4.03. The molecule has 2 aromatic heterocycles. The molecule has 8 nitrogen and oxygen atoms in total. The molecule has 0 fully saturated rings. The fourth-order valence-corrected chi connectivity index (χ4v) is 4.09. The van der Waals surface area contributed by atoms with Crippen molar-refractivity contribution in [2.24, 2.45) is 0 Å². The Balaban J connectivity index is 1.63. The summed E-state index contributed by atoms with van der Waals surface area (Å²) in [5.74, 6) is 5.75. The highest BCUT2D eigenvalue weighted by molar-refractivity contribution is 6.83. The van der Waals surface area contributed by atoms with E-state index >= 15 is 0 Å². The summed E-state index contributed by atoms with van der Waals surface area (Å²) < 4.78 is 18.1. The van der Waals surface area contributed by atoms with Gasteiger partial charge in [-0.3, -0.25) is 0 Å². The van der Waals surface area contributed by atoms with Gasteiger partial charge >= 0.3 is 0 Å². The van der Waals surface area contributed by atoms with Gasteiger partial charge in [-0.2, -0.15) is 5.10 Å². The molecule has 9 heteroatoms. The van der Waals surface area contributed by atoms with Crippen LogP contribution in [-0.2, 0) is 6.54 Å². The summed E-state index contributed by atoms with van der Waals surface area (Å²) in [6.45, 7) is 7.19. The van der Waals surface area contributed by atoms with Crippen LogP contribution in [0.2, 0.25) is 19.6 Å². The molecule has 0 saturated heterocycles. The predicted molar refractivity (Wildman–Crippen MR) is 140 cm³/mol. The van der Waals surface area contributed by atoms with Crippen molar-refractivity contribution in [3.63, 3.8) is 0 Å². The molecule has 0 spiro atoms. The Kier molecular flexibility index (Phi) is 6.94. The first-order chi connectivity index (χ1) is 16.8. The number of rotatable bonds is 7. The van der Waals surface area contributed by atoms with Crippen molar-refractivity contribution < 1.29 is 14.2 Å². The molecule has 35 heavy (non-hydrogen) atoms. The molecule has 0 radical (unpaired) electrons. The maximum Gasteiger partial charge on any atom is 0.203 e. The van der Waals surface area contributed by atoms with Crippen LogP contribution in [0.5, 0.6) is 17.2 Å². The van der Waals surface area contributed by atoms with Gasteiger partial charge in [0.2, 0.25) is 5.75 Å². The van der Waals surface area contributed by atoms with E-state index in [-0.39, 0.29) is 0 Å². The summed E-state index contributed by atoms with van der Waals surface area (Å²) in [6, 6.07) is 11.8. The number of aromatic nitrogens is 4. The normalized spacial score (nSPS) is 11.0. The van der Waals surface area contributed by atoms with Crippen molar-refractivity contribution in [2.45, 2.75) is 26.2 Å². The Morgan fingerprint density at radius 3 is 2.37 bits per heavy atom. The fraction of sp³-hybridized carbons (Fsp3) is 0.269. The number of nitrogens with one attached hydrogen (secondary N) is 1. The van der Waals surface area contributed by atoms with Crippen molar-refractivity contribution in [2.75, 3.05) is 26.6 Å². The summed E-state index contributed by atoms with van der Waals surface area (Å²) >= 11 is 0. The minimum absolute atomic E-state index is 0.496. The number of methoxy groups -OCH3 is 3. The molecule has 0 aliphatic heterocycles. The lowest BCUT2D eigenvalue weighted by molar-refractivity contribution is 0.324. The van der Waals surface area contributed by atoms with Crippen LogP contribution >= 0.6 is 0 Å². The molecule has 0 aliphatic carbocycles. The van der Waals surface area contributed by atoms with Crippen LogP contribution in [0, 0.1) is 11.5 Å². The summed E-state index contributed by atoms with van der Waals surface area (Å²) in [5.41, 5.74) is 6.93. The number of nitrogens with zero attached hydrogens (tertiary/aromatic N) is 4. The van der Waals surface area contributed by atoms with Crippen LogP contribution in [0.3, 0.4) is 0 Å². The molecular weight excluding hydrogens is 458 g/mol. The Morgan fingerprint density at radius 2 is 1.71 bits per heavy atom. The first-order valence-corrected chi connectivity index (χ1v) is 14.7. The molecule has 0 atom stereocenters. The van der Waals surface area contributed by atoms with Crippen molar-refractivity contribution in [3.8, 4) is 34.4 Å². The summed E-state index contributed by atoms with van der Waals surface area (Å²) in [7, 11) is 3.32. The first kappa shape index (κ1) is 24.1. The smallest absolute Gasteiger partial charge is 0.203 e. The van der Waals surface area contributed by atoms with Gasteiger partial charge in [-0.25, -0.2) is 14.6 Å². The number of hydrogen-bond acceptors (Lipinski definition) is 7. The van der Waals surface area contributed by atoms with E-state index in [0.29, 0.717) is 35.3 Å². The Bertz CT molecular complexity index is 1390. The quantitative estimate of drug-likeness (QED) is 0.299. The van der Waals surface area contributed by atoms with Crippen LogP contribution in [-0.4, -0.2) is 49.2 Å².